The molecule has 4 heteroatoms. The van der Waals surface area contributed by atoms with Crippen LogP contribution in [0.15, 0.2) is 18.2 Å². The third kappa shape index (κ3) is 3.61. The van der Waals surface area contributed by atoms with Crippen LogP contribution in [0, 0.1) is 17.8 Å². The quantitative estimate of drug-likeness (QED) is 0.811. The van der Waals surface area contributed by atoms with Crippen molar-refractivity contribution in [2.45, 2.75) is 27.7 Å². The third-order valence-electron chi connectivity index (χ3n) is 3.55. The van der Waals surface area contributed by atoms with E-state index in [2.05, 4.69) is 38.0 Å². The molecule has 2 nitrogen and oxygen atoms in total. The number of halogens is 1. The van der Waals surface area contributed by atoms with Gasteiger partial charge >= 0.3 is 0 Å². The smallest absolute Gasteiger partial charge is 0.183 e. The Bertz CT molecular complexity index is 540. The first-order chi connectivity index (χ1) is 8.97. The molecule has 0 bridgehead atoms. The maximum atomic E-state index is 6.00. The summed E-state index contributed by atoms with van der Waals surface area (Å²) in [6.45, 7) is 10.1. The average molecular weight is 297 g/mol. The van der Waals surface area contributed by atoms with Gasteiger partial charge in [-0.1, -0.05) is 50.6 Å². The van der Waals surface area contributed by atoms with Gasteiger partial charge in [0, 0.05) is 11.6 Å². The van der Waals surface area contributed by atoms with E-state index in [-0.39, 0.29) is 0 Å². The van der Waals surface area contributed by atoms with Gasteiger partial charge in [-0.15, -0.1) is 0 Å². The highest BCUT2D eigenvalue weighted by Gasteiger charge is 2.17. The molecule has 0 atom stereocenters. The molecule has 0 amide bonds. The Hall–Kier alpha value is -0.800. The second-order valence-electron chi connectivity index (χ2n) is 5.66. The van der Waals surface area contributed by atoms with Crippen LogP contribution in [0.2, 0.25) is 5.02 Å². The predicted octanol–water partition coefficient (Wildman–Crippen LogP) is 5.29. The maximum Gasteiger partial charge on any atom is 0.183 e. The topological polar surface area (TPSA) is 24.9 Å². The molecule has 0 saturated carbocycles. The molecule has 2 rings (SSSR count). The third-order valence-corrected chi connectivity index (χ3v) is 4.76. The number of aromatic nitrogens is 1. The van der Waals surface area contributed by atoms with Crippen molar-refractivity contribution in [1.29, 1.82) is 0 Å². The van der Waals surface area contributed by atoms with Crippen LogP contribution in [0.3, 0.4) is 0 Å². The molecular formula is C15H21ClN2S. The van der Waals surface area contributed by atoms with Crippen LogP contribution in [0.4, 0.5) is 5.13 Å². The first-order valence-electron chi connectivity index (χ1n) is 6.77. The number of nitrogens with one attached hydrogen (secondary N) is 1. The largest absolute Gasteiger partial charge is 0.361 e. The lowest BCUT2D eigenvalue weighted by Gasteiger charge is -2.24. The van der Waals surface area contributed by atoms with Gasteiger partial charge in [0.1, 0.15) is 0 Å². The molecule has 0 aliphatic rings. The normalized spacial score (nSPS) is 12.0. The van der Waals surface area contributed by atoms with Crippen molar-refractivity contribution in [3.8, 4) is 0 Å². The minimum Gasteiger partial charge on any atom is -0.361 e. The lowest BCUT2D eigenvalue weighted by atomic mass is 9.86. The number of fused-ring (bicyclic) bond motifs is 1. The number of benzene rings is 1. The van der Waals surface area contributed by atoms with Crippen LogP contribution in [0.25, 0.3) is 10.2 Å². The summed E-state index contributed by atoms with van der Waals surface area (Å²) in [6.07, 6.45) is 0. The Kier molecular flexibility index (Phi) is 4.69. The molecule has 0 aliphatic heterocycles. The van der Waals surface area contributed by atoms with Gasteiger partial charge in [0.25, 0.3) is 0 Å². The molecular weight excluding hydrogens is 276 g/mol. The highest BCUT2D eigenvalue weighted by Crippen LogP contribution is 2.29. The summed E-state index contributed by atoms with van der Waals surface area (Å²) in [4.78, 5) is 4.59. The number of rotatable bonds is 5. The van der Waals surface area contributed by atoms with E-state index >= 15 is 0 Å². The molecule has 0 saturated heterocycles. The second kappa shape index (κ2) is 6.10. The van der Waals surface area contributed by atoms with E-state index < -0.39 is 0 Å². The van der Waals surface area contributed by atoms with Crippen LogP contribution in [-0.4, -0.2) is 11.5 Å². The van der Waals surface area contributed by atoms with Gasteiger partial charge in [0.05, 0.1) is 10.2 Å². The highest BCUT2D eigenvalue weighted by atomic mass is 35.5. The van der Waals surface area contributed by atoms with Crippen molar-refractivity contribution in [3.63, 3.8) is 0 Å². The van der Waals surface area contributed by atoms with Crippen molar-refractivity contribution in [1.82, 2.24) is 4.98 Å². The van der Waals surface area contributed by atoms with Crippen LogP contribution < -0.4 is 5.32 Å². The highest BCUT2D eigenvalue weighted by molar-refractivity contribution is 7.22. The van der Waals surface area contributed by atoms with E-state index in [0.717, 1.165) is 26.9 Å². The standard InChI is InChI=1S/C15H21ClN2S/c1-9(2)12(10(3)4)8-17-15-18-13-6-5-11(16)7-14(13)19-15/h5-7,9-10,12H,8H2,1-4H3,(H,17,18). The number of thiazole rings is 1. The fourth-order valence-corrected chi connectivity index (χ4v) is 3.57. The zero-order valence-corrected chi connectivity index (χ0v) is 13.5. The summed E-state index contributed by atoms with van der Waals surface area (Å²) in [7, 11) is 0. The minimum atomic E-state index is 0.663. The molecule has 19 heavy (non-hydrogen) atoms. The molecule has 1 aromatic carbocycles. The van der Waals surface area contributed by atoms with Gasteiger partial charge in [0.15, 0.2) is 5.13 Å². The van der Waals surface area contributed by atoms with Crippen molar-refractivity contribution < 1.29 is 0 Å². The second-order valence-corrected chi connectivity index (χ2v) is 7.13. The molecule has 104 valence electrons. The maximum absolute atomic E-state index is 6.00. The summed E-state index contributed by atoms with van der Waals surface area (Å²) in [5.41, 5.74) is 1.02. The fraction of sp³-hybridized carbons (Fsp3) is 0.533. The average Bonchev–Trinajstić information content (AvgIpc) is 2.70. The Balaban J connectivity index is 2.09. The van der Waals surface area contributed by atoms with Crippen LogP contribution in [0.1, 0.15) is 27.7 Å². The lowest BCUT2D eigenvalue weighted by molar-refractivity contribution is 0.304. The Labute approximate surface area is 124 Å². The van der Waals surface area contributed by atoms with E-state index in [9.17, 15) is 0 Å². The van der Waals surface area contributed by atoms with E-state index in [1.54, 1.807) is 11.3 Å². The zero-order chi connectivity index (χ0) is 14.0. The minimum absolute atomic E-state index is 0.663. The van der Waals surface area contributed by atoms with Crippen molar-refractivity contribution >= 4 is 38.3 Å². The Morgan fingerprint density at radius 3 is 2.53 bits per heavy atom. The molecule has 0 radical (unpaired) electrons. The van der Waals surface area contributed by atoms with Gasteiger partial charge in [0.2, 0.25) is 0 Å². The molecule has 0 unspecified atom stereocenters. The van der Waals surface area contributed by atoms with E-state index in [1.165, 1.54) is 0 Å². The summed E-state index contributed by atoms with van der Waals surface area (Å²) in [5, 5.41) is 5.24. The lowest BCUT2D eigenvalue weighted by Crippen LogP contribution is -2.24. The van der Waals surface area contributed by atoms with Crippen LogP contribution in [-0.2, 0) is 0 Å². The van der Waals surface area contributed by atoms with Gasteiger partial charge in [-0.3, -0.25) is 0 Å². The van der Waals surface area contributed by atoms with Gasteiger partial charge in [-0.2, -0.15) is 0 Å². The molecule has 2 aromatic rings. The number of anilines is 1. The number of hydrogen-bond acceptors (Lipinski definition) is 3. The van der Waals surface area contributed by atoms with Gasteiger partial charge in [-0.25, -0.2) is 4.98 Å². The van der Waals surface area contributed by atoms with Crippen LogP contribution in [0.5, 0.6) is 0 Å². The Morgan fingerprint density at radius 1 is 1.21 bits per heavy atom. The number of hydrogen-bond donors (Lipinski definition) is 1. The van der Waals surface area contributed by atoms with Crippen LogP contribution >= 0.6 is 22.9 Å². The molecule has 0 spiro atoms. The molecule has 0 fully saturated rings. The van der Waals surface area contributed by atoms with E-state index in [1.807, 2.05) is 18.2 Å². The molecule has 1 N–H and O–H groups in total. The first-order valence-corrected chi connectivity index (χ1v) is 7.96. The monoisotopic (exact) mass is 296 g/mol. The van der Waals surface area contributed by atoms with Gasteiger partial charge < -0.3 is 5.32 Å². The van der Waals surface area contributed by atoms with E-state index in [0.29, 0.717) is 17.8 Å². The SMILES string of the molecule is CC(C)C(CNc1nc2ccc(Cl)cc2s1)C(C)C. The predicted molar refractivity (Wildman–Crippen MR) is 86.3 cm³/mol. The Morgan fingerprint density at radius 2 is 1.89 bits per heavy atom. The molecule has 1 heterocycles. The van der Waals surface area contributed by atoms with Gasteiger partial charge in [-0.05, 0) is 36.0 Å². The summed E-state index contributed by atoms with van der Waals surface area (Å²) < 4.78 is 1.14. The summed E-state index contributed by atoms with van der Waals surface area (Å²) in [5.74, 6) is 2.02. The van der Waals surface area contributed by atoms with Crippen molar-refractivity contribution in [2.75, 3.05) is 11.9 Å². The van der Waals surface area contributed by atoms with Crippen molar-refractivity contribution in [3.05, 3.63) is 23.2 Å². The molecule has 0 aliphatic carbocycles. The number of nitrogens with zero attached hydrogens (tertiary/aromatic N) is 1. The fourth-order valence-electron chi connectivity index (χ4n) is 2.42. The van der Waals surface area contributed by atoms with Crippen molar-refractivity contribution in [2.24, 2.45) is 17.8 Å². The molecule has 1 aromatic heterocycles. The van der Waals surface area contributed by atoms with E-state index in [4.69, 9.17) is 11.6 Å². The zero-order valence-electron chi connectivity index (χ0n) is 11.9. The summed E-state index contributed by atoms with van der Waals surface area (Å²) in [6, 6.07) is 5.84. The first kappa shape index (κ1) is 14.6. The summed E-state index contributed by atoms with van der Waals surface area (Å²) >= 11 is 7.67.